The van der Waals surface area contributed by atoms with Crippen LogP contribution in [0.4, 0.5) is 4.39 Å². The Labute approximate surface area is 186 Å². The summed E-state index contributed by atoms with van der Waals surface area (Å²) in [4.78, 5) is 41.8. The Balaban J connectivity index is 1.41. The van der Waals surface area contributed by atoms with Crippen molar-refractivity contribution in [2.75, 3.05) is 0 Å². The topological polar surface area (TPSA) is 87.7 Å². The van der Waals surface area contributed by atoms with E-state index in [0.717, 1.165) is 18.4 Å². The van der Waals surface area contributed by atoms with Crippen LogP contribution in [0.15, 0.2) is 36.4 Å². The number of likely N-dealkylation sites (tertiary alicyclic amines) is 1. The van der Waals surface area contributed by atoms with Crippen LogP contribution in [0.25, 0.3) is 0 Å². The standard InChI is InChI=1S/C24H28FN3O4/c1-23(2,3)27-21(30)19-24-11-10-16(32-24)17(18(24)22(31)28(19)15-8-9-15)20(29)26-12-13-4-6-14(25)7-5-13/h4-7,10-11,15-19H,8-9,12H2,1-3H3,(H,26,29)(H,27,30)/t16-,17+,18-,19+,24+/m1/s1. The Kier molecular flexibility index (Phi) is 4.71. The lowest BCUT2D eigenvalue weighted by Gasteiger charge is -2.34. The van der Waals surface area contributed by atoms with Crippen LogP contribution in [0.1, 0.15) is 39.2 Å². The summed E-state index contributed by atoms with van der Waals surface area (Å²) >= 11 is 0. The third-order valence-corrected chi connectivity index (χ3v) is 6.68. The van der Waals surface area contributed by atoms with Crippen LogP contribution in [-0.4, -0.2) is 51.9 Å². The van der Waals surface area contributed by atoms with E-state index in [0.29, 0.717) is 0 Å². The van der Waals surface area contributed by atoms with Gasteiger partial charge in [-0.1, -0.05) is 24.3 Å². The number of hydrogen-bond donors (Lipinski definition) is 2. The second kappa shape index (κ2) is 7.13. The quantitative estimate of drug-likeness (QED) is 0.681. The number of halogens is 1. The van der Waals surface area contributed by atoms with Gasteiger partial charge in [0.05, 0.1) is 17.9 Å². The van der Waals surface area contributed by atoms with E-state index in [1.807, 2.05) is 26.8 Å². The number of amides is 3. The normalized spacial score (nSPS) is 32.9. The van der Waals surface area contributed by atoms with Gasteiger partial charge >= 0.3 is 0 Å². The zero-order chi connectivity index (χ0) is 22.8. The van der Waals surface area contributed by atoms with E-state index >= 15 is 0 Å². The maximum atomic E-state index is 13.6. The fraction of sp³-hybridized carbons (Fsp3) is 0.542. The second-order valence-corrected chi connectivity index (χ2v) is 10.3. The highest BCUT2D eigenvalue weighted by atomic mass is 19.1. The van der Waals surface area contributed by atoms with Gasteiger partial charge in [-0.2, -0.15) is 0 Å². The number of nitrogens with one attached hydrogen (secondary N) is 2. The molecule has 5 atom stereocenters. The first-order valence-corrected chi connectivity index (χ1v) is 11.1. The van der Waals surface area contributed by atoms with Crippen molar-refractivity contribution in [1.29, 1.82) is 0 Å². The first kappa shape index (κ1) is 21.1. The zero-order valence-electron chi connectivity index (χ0n) is 18.4. The highest BCUT2D eigenvalue weighted by molar-refractivity contribution is 6.00. The van der Waals surface area contributed by atoms with Gasteiger partial charge in [0.15, 0.2) is 0 Å². The highest BCUT2D eigenvalue weighted by Crippen LogP contribution is 2.57. The van der Waals surface area contributed by atoms with Gasteiger partial charge in [0.1, 0.15) is 17.5 Å². The third-order valence-electron chi connectivity index (χ3n) is 6.68. The minimum Gasteiger partial charge on any atom is -0.359 e. The first-order valence-electron chi connectivity index (χ1n) is 11.1. The summed E-state index contributed by atoms with van der Waals surface area (Å²) in [7, 11) is 0. The van der Waals surface area contributed by atoms with Crippen molar-refractivity contribution in [2.24, 2.45) is 11.8 Å². The predicted octanol–water partition coefficient (Wildman–Crippen LogP) is 1.67. The van der Waals surface area contributed by atoms with Crippen molar-refractivity contribution in [2.45, 2.75) is 69.5 Å². The molecule has 1 spiro atoms. The Morgan fingerprint density at radius 3 is 2.50 bits per heavy atom. The molecular weight excluding hydrogens is 413 g/mol. The molecule has 0 unspecified atom stereocenters. The van der Waals surface area contributed by atoms with Crippen LogP contribution >= 0.6 is 0 Å². The first-order chi connectivity index (χ1) is 15.1. The van der Waals surface area contributed by atoms with Gasteiger partial charge in [-0.25, -0.2) is 4.39 Å². The summed E-state index contributed by atoms with van der Waals surface area (Å²) in [6.07, 6.45) is 4.77. The van der Waals surface area contributed by atoms with Crippen LogP contribution in [-0.2, 0) is 25.7 Å². The molecule has 2 saturated heterocycles. The van der Waals surface area contributed by atoms with E-state index in [1.54, 1.807) is 23.1 Å². The molecule has 1 aromatic carbocycles. The lowest BCUT2D eigenvalue weighted by molar-refractivity contribution is -0.143. The Morgan fingerprint density at radius 1 is 1.19 bits per heavy atom. The molecule has 8 heteroatoms. The van der Waals surface area contributed by atoms with E-state index in [2.05, 4.69) is 10.6 Å². The minimum absolute atomic E-state index is 0.0113. The van der Waals surface area contributed by atoms with Gasteiger partial charge in [-0.3, -0.25) is 14.4 Å². The number of rotatable bonds is 5. The molecule has 1 aromatic rings. The maximum absolute atomic E-state index is 13.6. The van der Waals surface area contributed by atoms with Crippen LogP contribution < -0.4 is 10.6 Å². The Morgan fingerprint density at radius 2 is 1.88 bits per heavy atom. The molecule has 32 heavy (non-hydrogen) atoms. The largest absolute Gasteiger partial charge is 0.359 e. The molecule has 0 radical (unpaired) electrons. The van der Waals surface area contributed by atoms with Gasteiger partial charge in [0.2, 0.25) is 17.7 Å². The number of ether oxygens (including phenoxy) is 1. The second-order valence-electron chi connectivity index (χ2n) is 10.3. The molecular formula is C24H28FN3O4. The summed E-state index contributed by atoms with van der Waals surface area (Å²) < 4.78 is 19.4. The van der Waals surface area contributed by atoms with Crippen molar-refractivity contribution < 1.29 is 23.5 Å². The summed E-state index contributed by atoms with van der Waals surface area (Å²) in [5.41, 5.74) is -0.831. The van der Waals surface area contributed by atoms with Crippen molar-refractivity contribution in [3.05, 3.63) is 47.8 Å². The molecule has 7 nitrogen and oxygen atoms in total. The number of fused-ring (bicyclic) bond motifs is 1. The molecule has 4 aliphatic rings. The number of carbonyl (C=O) groups excluding carboxylic acids is 3. The van der Waals surface area contributed by atoms with Crippen LogP contribution in [0.3, 0.4) is 0 Å². The Hall–Kier alpha value is -2.74. The number of hydrogen-bond acceptors (Lipinski definition) is 4. The molecule has 1 saturated carbocycles. The maximum Gasteiger partial charge on any atom is 0.246 e. The van der Waals surface area contributed by atoms with E-state index in [4.69, 9.17) is 4.74 Å². The lowest BCUT2D eigenvalue weighted by Crippen LogP contribution is -2.58. The van der Waals surface area contributed by atoms with Gasteiger partial charge in [0, 0.05) is 18.1 Å². The van der Waals surface area contributed by atoms with Gasteiger partial charge in [-0.15, -0.1) is 0 Å². The summed E-state index contributed by atoms with van der Waals surface area (Å²) in [5, 5.41) is 5.87. The molecule has 5 rings (SSSR count). The molecule has 170 valence electrons. The minimum atomic E-state index is -1.13. The Bertz CT molecular complexity index is 997. The van der Waals surface area contributed by atoms with Gasteiger partial charge < -0.3 is 20.3 Å². The van der Waals surface area contributed by atoms with Crippen molar-refractivity contribution >= 4 is 17.7 Å². The summed E-state index contributed by atoms with van der Waals surface area (Å²) in [5.74, 6) is -2.52. The van der Waals surface area contributed by atoms with Crippen LogP contribution in [0, 0.1) is 17.7 Å². The van der Waals surface area contributed by atoms with Gasteiger partial charge in [-0.05, 0) is 51.3 Å². The average Bonchev–Trinajstić information content (AvgIpc) is 3.31. The van der Waals surface area contributed by atoms with Crippen molar-refractivity contribution in [1.82, 2.24) is 15.5 Å². The van der Waals surface area contributed by atoms with Gasteiger partial charge in [0.25, 0.3) is 0 Å². The molecule has 3 fully saturated rings. The molecule has 2 bridgehead atoms. The van der Waals surface area contributed by atoms with E-state index < -0.39 is 35.1 Å². The van der Waals surface area contributed by atoms with Crippen molar-refractivity contribution in [3.63, 3.8) is 0 Å². The summed E-state index contributed by atoms with van der Waals surface area (Å²) in [6, 6.07) is 5.12. The molecule has 3 aliphatic heterocycles. The fourth-order valence-electron chi connectivity index (χ4n) is 5.30. The lowest BCUT2D eigenvalue weighted by atomic mass is 9.74. The summed E-state index contributed by atoms with van der Waals surface area (Å²) in [6.45, 7) is 5.91. The number of benzene rings is 1. The molecule has 2 N–H and O–H groups in total. The van der Waals surface area contributed by atoms with Crippen molar-refractivity contribution in [3.8, 4) is 0 Å². The SMILES string of the molecule is CC(C)(C)NC(=O)[C@@H]1N(C2CC2)C(=O)[C@H]2[C@@H](C(=O)NCc3ccc(F)cc3)[C@H]3C=C[C@@]12O3. The molecule has 0 aromatic heterocycles. The molecule has 1 aliphatic carbocycles. The fourth-order valence-corrected chi connectivity index (χ4v) is 5.30. The average molecular weight is 442 g/mol. The number of carbonyl (C=O) groups is 3. The number of nitrogens with zero attached hydrogens (tertiary/aromatic N) is 1. The third kappa shape index (κ3) is 3.32. The molecule has 3 amide bonds. The van der Waals surface area contributed by atoms with Crippen LogP contribution in [0.5, 0.6) is 0 Å². The smallest absolute Gasteiger partial charge is 0.246 e. The zero-order valence-corrected chi connectivity index (χ0v) is 18.4. The molecule has 3 heterocycles. The van der Waals surface area contributed by atoms with Crippen LogP contribution in [0.2, 0.25) is 0 Å². The van der Waals surface area contributed by atoms with E-state index in [9.17, 15) is 18.8 Å². The van der Waals surface area contributed by atoms with E-state index in [1.165, 1.54) is 12.1 Å². The highest BCUT2D eigenvalue weighted by Gasteiger charge is 2.74. The monoisotopic (exact) mass is 441 g/mol. The predicted molar refractivity (Wildman–Crippen MR) is 114 cm³/mol. The van der Waals surface area contributed by atoms with E-state index in [-0.39, 0.29) is 36.1 Å².